The van der Waals surface area contributed by atoms with Gasteiger partial charge < -0.3 is 14.3 Å². The van der Waals surface area contributed by atoms with Gasteiger partial charge in [-0.05, 0) is 30.8 Å². The number of aliphatic hydroxyl groups excluding tert-OH is 1. The predicted octanol–water partition coefficient (Wildman–Crippen LogP) is 3.10. The van der Waals surface area contributed by atoms with Gasteiger partial charge in [0, 0.05) is 12.7 Å². The van der Waals surface area contributed by atoms with Crippen LogP contribution in [0.5, 0.6) is 5.95 Å². The highest BCUT2D eigenvalue weighted by atomic mass is 16.6. The first-order chi connectivity index (χ1) is 9.49. The van der Waals surface area contributed by atoms with E-state index in [2.05, 4.69) is 19.9 Å². The van der Waals surface area contributed by atoms with Crippen LogP contribution in [0.15, 0.2) is 27.4 Å². The molecule has 4 heteroatoms. The molecule has 0 radical (unpaired) electrons. The van der Waals surface area contributed by atoms with E-state index in [0.717, 1.165) is 18.4 Å². The van der Waals surface area contributed by atoms with Gasteiger partial charge in [0.05, 0.1) is 13.2 Å². The average molecular weight is 280 g/mol. The van der Waals surface area contributed by atoms with E-state index < -0.39 is 0 Å². The first-order valence-electron chi connectivity index (χ1n) is 6.99. The zero-order chi connectivity index (χ0) is 15.1. The molecule has 20 heavy (non-hydrogen) atoms. The second kappa shape index (κ2) is 7.90. The van der Waals surface area contributed by atoms with Crippen LogP contribution in [0.1, 0.15) is 39.4 Å². The van der Waals surface area contributed by atoms with Crippen molar-refractivity contribution < 1.29 is 14.3 Å². The number of methoxy groups -OCH3 is 1. The van der Waals surface area contributed by atoms with Crippen LogP contribution in [0, 0.1) is 11.8 Å². The van der Waals surface area contributed by atoms with Crippen molar-refractivity contribution in [2.45, 2.75) is 33.6 Å². The van der Waals surface area contributed by atoms with Crippen LogP contribution in [-0.4, -0.2) is 18.8 Å². The molecule has 0 amide bonds. The lowest BCUT2D eigenvalue weighted by atomic mass is 9.92. The van der Waals surface area contributed by atoms with E-state index in [1.165, 1.54) is 19.2 Å². The SMILES string of the molecule is CC[C@H](CO)C[C@H](C)/C=C(\C)c1cc(=O)cc(OC)o1. The molecular formula is C16H24O4. The van der Waals surface area contributed by atoms with E-state index in [-0.39, 0.29) is 18.0 Å². The quantitative estimate of drug-likeness (QED) is 0.833. The van der Waals surface area contributed by atoms with Crippen LogP contribution >= 0.6 is 0 Å². The Morgan fingerprint density at radius 1 is 1.50 bits per heavy atom. The first-order valence-corrected chi connectivity index (χ1v) is 6.99. The van der Waals surface area contributed by atoms with E-state index in [1.807, 2.05) is 6.92 Å². The molecule has 0 unspecified atom stereocenters. The van der Waals surface area contributed by atoms with Crippen molar-refractivity contribution >= 4 is 5.57 Å². The monoisotopic (exact) mass is 280 g/mol. The van der Waals surface area contributed by atoms with Gasteiger partial charge in [0.15, 0.2) is 5.43 Å². The predicted molar refractivity (Wildman–Crippen MR) is 79.8 cm³/mol. The summed E-state index contributed by atoms with van der Waals surface area (Å²) in [6.07, 6.45) is 3.94. The van der Waals surface area contributed by atoms with Gasteiger partial charge in [0.1, 0.15) is 5.76 Å². The molecule has 1 N–H and O–H groups in total. The zero-order valence-electron chi connectivity index (χ0n) is 12.7. The minimum absolute atomic E-state index is 0.134. The van der Waals surface area contributed by atoms with Gasteiger partial charge in [-0.25, -0.2) is 0 Å². The summed E-state index contributed by atoms with van der Waals surface area (Å²) in [5.74, 6) is 1.36. The van der Waals surface area contributed by atoms with Crippen molar-refractivity contribution in [1.82, 2.24) is 0 Å². The lowest BCUT2D eigenvalue weighted by Gasteiger charge is -2.15. The van der Waals surface area contributed by atoms with Gasteiger partial charge in [-0.3, -0.25) is 4.79 Å². The number of allylic oxidation sites excluding steroid dienone is 2. The third-order valence-electron chi connectivity index (χ3n) is 3.41. The molecule has 0 aliphatic heterocycles. The fraction of sp³-hybridized carbons (Fsp3) is 0.562. The minimum atomic E-state index is -0.134. The van der Waals surface area contributed by atoms with Crippen molar-refractivity contribution in [2.24, 2.45) is 11.8 Å². The maximum Gasteiger partial charge on any atom is 0.288 e. The Kier molecular flexibility index (Phi) is 6.52. The number of hydrogen-bond donors (Lipinski definition) is 1. The Morgan fingerprint density at radius 2 is 2.20 bits per heavy atom. The van der Waals surface area contributed by atoms with Crippen LogP contribution in [0.3, 0.4) is 0 Å². The van der Waals surface area contributed by atoms with E-state index in [0.29, 0.717) is 17.6 Å². The number of ether oxygens (including phenoxy) is 1. The molecule has 0 spiro atoms. The summed E-state index contributed by atoms with van der Waals surface area (Å²) >= 11 is 0. The number of hydrogen-bond acceptors (Lipinski definition) is 4. The Balaban J connectivity index is 2.87. The minimum Gasteiger partial charge on any atom is -0.468 e. The van der Waals surface area contributed by atoms with Crippen molar-refractivity contribution in [2.75, 3.05) is 13.7 Å². The fourth-order valence-corrected chi connectivity index (χ4v) is 2.22. The third-order valence-corrected chi connectivity index (χ3v) is 3.41. The highest BCUT2D eigenvalue weighted by Gasteiger charge is 2.11. The van der Waals surface area contributed by atoms with E-state index in [1.54, 1.807) is 0 Å². The summed E-state index contributed by atoms with van der Waals surface area (Å²) in [7, 11) is 1.47. The molecule has 1 rings (SSSR count). The summed E-state index contributed by atoms with van der Waals surface area (Å²) in [4.78, 5) is 11.5. The molecule has 0 saturated heterocycles. The molecule has 0 fully saturated rings. The fourth-order valence-electron chi connectivity index (χ4n) is 2.22. The normalized spacial score (nSPS) is 14.9. The first kappa shape index (κ1) is 16.5. The van der Waals surface area contributed by atoms with Crippen LogP contribution < -0.4 is 10.2 Å². The molecule has 1 aromatic heterocycles. The molecule has 0 aromatic carbocycles. The van der Waals surface area contributed by atoms with Crippen LogP contribution in [0.4, 0.5) is 0 Å². The van der Waals surface area contributed by atoms with Crippen molar-refractivity contribution in [3.05, 3.63) is 34.2 Å². The molecule has 0 saturated carbocycles. The van der Waals surface area contributed by atoms with Gasteiger partial charge in [-0.1, -0.05) is 26.3 Å². The zero-order valence-corrected chi connectivity index (χ0v) is 12.7. The maximum absolute atomic E-state index is 11.5. The molecule has 0 bridgehead atoms. The Hall–Kier alpha value is -1.55. The number of aliphatic hydroxyl groups is 1. The maximum atomic E-state index is 11.5. The summed E-state index contributed by atoms with van der Waals surface area (Å²) < 4.78 is 10.5. The van der Waals surface area contributed by atoms with E-state index >= 15 is 0 Å². The molecule has 112 valence electrons. The lowest BCUT2D eigenvalue weighted by Crippen LogP contribution is -2.08. The van der Waals surface area contributed by atoms with Crippen LogP contribution in [0.25, 0.3) is 5.57 Å². The van der Waals surface area contributed by atoms with Gasteiger partial charge in [-0.15, -0.1) is 0 Å². The van der Waals surface area contributed by atoms with Crippen molar-refractivity contribution in [3.63, 3.8) is 0 Å². The molecule has 1 aromatic rings. The van der Waals surface area contributed by atoms with Gasteiger partial charge in [-0.2, -0.15) is 0 Å². The van der Waals surface area contributed by atoms with Crippen LogP contribution in [-0.2, 0) is 0 Å². The van der Waals surface area contributed by atoms with Crippen molar-refractivity contribution in [1.29, 1.82) is 0 Å². The smallest absolute Gasteiger partial charge is 0.288 e. The standard InChI is InChI=1S/C16H24O4/c1-5-13(10-17)7-11(2)6-12(3)15-8-14(18)9-16(19-4)20-15/h6,8-9,11,13,17H,5,7,10H2,1-4H3/b12-6+/t11-,13+/m1/s1. The lowest BCUT2D eigenvalue weighted by molar-refractivity contribution is 0.206. The molecule has 2 atom stereocenters. The summed E-state index contributed by atoms with van der Waals surface area (Å²) in [6, 6.07) is 2.78. The van der Waals surface area contributed by atoms with Gasteiger partial charge >= 0.3 is 0 Å². The van der Waals surface area contributed by atoms with E-state index in [9.17, 15) is 9.90 Å². The van der Waals surface area contributed by atoms with E-state index in [4.69, 9.17) is 9.15 Å². The highest BCUT2D eigenvalue weighted by Crippen LogP contribution is 2.22. The van der Waals surface area contributed by atoms with Crippen molar-refractivity contribution in [3.8, 4) is 5.95 Å². The Labute approximate surface area is 120 Å². The molecule has 0 aliphatic rings. The highest BCUT2D eigenvalue weighted by molar-refractivity contribution is 5.59. The number of rotatable bonds is 7. The second-order valence-electron chi connectivity index (χ2n) is 5.20. The summed E-state index contributed by atoms with van der Waals surface area (Å²) in [6.45, 7) is 6.29. The third kappa shape index (κ3) is 4.85. The summed E-state index contributed by atoms with van der Waals surface area (Å²) in [5.41, 5.74) is 0.770. The largest absolute Gasteiger partial charge is 0.468 e. The molecular weight excluding hydrogens is 256 g/mol. The summed E-state index contributed by atoms with van der Waals surface area (Å²) in [5, 5.41) is 9.23. The van der Waals surface area contributed by atoms with Crippen LogP contribution in [0.2, 0.25) is 0 Å². The van der Waals surface area contributed by atoms with Gasteiger partial charge in [0.2, 0.25) is 0 Å². The van der Waals surface area contributed by atoms with Gasteiger partial charge in [0.25, 0.3) is 5.95 Å². The molecule has 0 aliphatic carbocycles. The average Bonchev–Trinajstić information content (AvgIpc) is 2.43. The molecule has 1 heterocycles. The second-order valence-corrected chi connectivity index (χ2v) is 5.20. The molecule has 4 nitrogen and oxygen atoms in total. The topological polar surface area (TPSA) is 59.7 Å². The Bertz CT molecular complexity index is 497. The Morgan fingerprint density at radius 3 is 2.75 bits per heavy atom.